The number of urea groups is 1. The molecule has 1 heterocycles. The lowest BCUT2D eigenvalue weighted by molar-refractivity contribution is -0.161. The van der Waals surface area contributed by atoms with Crippen LogP contribution in [0.1, 0.15) is 13.8 Å². The zero-order valence-corrected chi connectivity index (χ0v) is 11.5. The SMILES string of the molecule is CC1(C)C(=O)OCCN1C(=O)Nc1ccc(Cl)cc1. The van der Waals surface area contributed by atoms with Crippen molar-refractivity contribution in [2.45, 2.75) is 19.4 Å². The van der Waals surface area contributed by atoms with E-state index in [0.29, 0.717) is 17.3 Å². The molecule has 6 heteroatoms. The van der Waals surface area contributed by atoms with Crippen molar-refractivity contribution in [2.75, 3.05) is 18.5 Å². The summed E-state index contributed by atoms with van der Waals surface area (Å²) in [5.74, 6) is -0.398. The Morgan fingerprint density at radius 3 is 2.63 bits per heavy atom. The molecule has 0 bridgehead atoms. The molecule has 1 aromatic rings. The number of hydrogen-bond acceptors (Lipinski definition) is 3. The second-order valence-corrected chi connectivity index (χ2v) is 5.22. The molecule has 1 aliphatic heterocycles. The van der Waals surface area contributed by atoms with Crippen molar-refractivity contribution in [3.8, 4) is 0 Å². The minimum atomic E-state index is -0.964. The van der Waals surface area contributed by atoms with E-state index in [1.165, 1.54) is 4.90 Å². The van der Waals surface area contributed by atoms with Crippen LogP contribution in [0.15, 0.2) is 24.3 Å². The molecule has 1 aromatic carbocycles. The highest BCUT2D eigenvalue weighted by molar-refractivity contribution is 6.30. The quantitative estimate of drug-likeness (QED) is 0.805. The number of benzene rings is 1. The standard InChI is InChI=1S/C13H15ClN2O3/c1-13(2)11(17)19-8-7-16(13)12(18)15-10-5-3-9(14)4-6-10/h3-6H,7-8H2,1-2H3,(H,15,18). The number of morpholine rings is 1. The lowest BCUT2D eigenvalue weighted by atomic mass is 10.0. The molecular formula is C13H15ClN2O3. The molecule has 1 N–H and O–H groups in total. The fourth-order valence-corrected chi connectivity index (χ4v) is 2.00. The molecular weight excluding hydrogens is 268 g/mol. The zero-order chi connectivity index (χ0) is 14.0. The summed E-state index contributed by atoms with van der Waals surface area (Å²) in [4.78, 5) is 25.3. The van der Waals surface area contributed by atoms with Crippen LogP contribution in [0.3, 0.4) is 0 Å². The van der Waals surface area contributed by atoms with Crippen LogP contribution in [-0.2, 0) is 9.53 Å². The van der Waals surface area contributed by atoms with Crippen LogP contribution in [0.4, 0.5) is 10.5 Å². The highest BCUT2D eigenvalue weighted by atomic mass is 35.5. The van der Waals surface area contributed by atoms with Crippen LogP contribution in [0.25, 0.3) is 0 Å². The lowest BCUT2D eigenvalue weighted by Crippen LogP contribution is -2.59. The number of carbonyl (C=O) groups is 2. The van der Waals surface area contributed by atoms with E-state index in [-0.39, 0.29) is 12.6 Å². The number of cyclic esters (lactones) is 1. The summed E-state index contributed by atoms with van der Waals surface area (Å²) >= 11 is 5.78. The van der Waals surface area contributed by atoms with Crippen molar-refractivity contribution in [3.05, 3.63) is 29.3 Å². The fraction of sp³-hybridized carbons (Fsp3) is 0.385. The van der Waals surface area contributed by atoms with E-state index in [1.54, 1.807) is 38.1 Å². The Balaban J connectivity index is 2.11. The normalized spacial score (nSPS) is 17.8. The van der Waals surface area contributed by atoms with Gasteiger partial charge in [-0.25, -0.2) is 9.59 Å². The maximum Gasteiger partial charge on any atom is 0.331 e. The predicted octanol–water partition coefficient (Wildman–Crippen LogP) is 2.51. The first-order valence-electron chi connectivity index (χ1n) is 5.92. The van der Waals surface area contributed by atoms with Gasteiger partial charge in [-0.3, -0.25) is 0 Å². The first kappa shape index (κ1) is 13.7. The van der Waals surface area contributed by atoms with Gasteiger partial charge in [0.1, 0.15) is 12.1 Å². The Morgan fingerprint density at radius 2 is 2.00 bits per heavy atom. The largest absolute Gasteiger partial charge is 0.462 e. The second-order valence-electron chi connectivity index (χ2n) is 4.78. The number of halogens is 1. The van der Waals surface area contributed by atoms with E-state index < -0.39 is 11.5 Å². The lowest BCUT2D eigenvalue weighted by Gasteiger charge is -2.39. The average molecular weight is 283 g/mol. The van der Waals surface area contributed by atoms with Gasteiger partial charge in [0.05, 0.1) is 6.54 Å². The number of carbonyl (C=O) groups excluding carboxylic acids is 2. The van der Waals surface area contributed by atoms with Crippen molar-refractivity contribution in [1.29, 1.82) is 0 Å². The average Bonchev–Trinajstić information content (AvgIpc) is 2.35. The summed E-state index contributed by atoms with van der Waals surface area (Å²) in [6, 6.07) is 6.45. The van der Waals surface area contributed by atoms with Gasteiger partial charge < -0.3 is 15.0 Å². The van der Waals surface area contributed by atoms with E-state index in [2.05, 4.69) is 5.32 Å². The van der Waals surface area contributed by atoms with E-state index in [9.17, 15) is 9.59 Å². The molecule has 0 aliphatic carbocycles. The van der Waals surface area contributed by atoms with Gasteiger partial charge in [-0.1, -0.05) is 11.6 Å². The third-order valence-corrected chi connectivity index (χ3v) is 3.31. The first-order chi connectivity index (χ1) is 8.91. The summed E-state index contributed by atoms with van der Waals surface area (Å²) in [6.07, 6.45) is 0. The maximum atomic E-state index is 12.2. The molecule has 2 rings (SSSR count). The molecule has 1 aliphatic rings. The van der Waals surface area contributed by atoms with E-state index in [0.717, 1.165) is 0 Å². The number of nitrogens with zero attached hydrogens (tertiary/aromatic N) is 1. The number of nitrogens with one attached hydrogen (secondary N) is 1. The van der Waals surface area contributed by atoms with Gasteiger partial charge in [0.2, 0.25) is 0 Å². The highest BCUT2D eigenvalue weighted by Gasteiger charge is 2.42. The van der Waals surface area contributed by atoms with Crippen LogP contribution >= 0.6 is 11.6 Å². The van der Waals surface area contributed by atoms with Gasteiger partial charge in [0, 0.05) is 10.7 Å². The molecule has 5 nitrogen and oxygen atoms in total. The first-order valence-corrected chi connectivity index (χ1v) is 6.30. The number of ether oxygens (including phenoxy) is 1. The number of hydrogen-bond donors (Lipinski definition) is 1. The highest BCUT2D eigenvalue weighted by Crippen LogP contribution is 2.22. The van der Waals surface area contributed by atoms with Crippen LogP contribution < -0.4 is 5.32 Å². The molecule has 1 saturated heterocycles. The Kier molecular flexibility index (Phi) is 3.66. The van der Waals surface area contributed by atoms with Gasteiger partial charge in [-0.2, -0.15) is 0 Å². The number of rotatable bonds is 1. The summed E-state index contributed by atoms with van der Waals surface area (Å²) in [7, 11) is 0. The smallest absolute Gasteiger partial charge is 0.331 e. The summed E-state index contributed by atoms with van der Waals surface area (Å²) in [6.45, 7) is 3.92. The van der Waals surface area contributed by atoms with E-state index >= 15 is 0 Å². The van der Waals surface area contributed by atoms with Gasteiger partial charge in [0.25, 0.3) is 0 Å². The maximum absolute atomic E-state index is 12.2. The zero-order valence-electron chi connectivity index (χ0n) is 10.8. The van der Waals surface area contributed by atoms with Crippen molar-refractivity contribution in [2.24, 2.45) is 0 Å². The Bertz CT molecular complexity index is 499. The van der Waals surface area contributed by atoms with Gasteiger partial charge in [-0.15, -0.1) is 0 Å². The molecule has 0 atom stereocenters. The molecule has 0 spiro atoms. The fourth-order valence-electron chi connectivity index (χ4n) is 1.88. The molecule has 1 fully saturated rings. The number of esters is 1. The minimum Gasteiger partial charge on any atom is -0.462 e. The molecule has 0 saturated carbocycles. The summed E-state index contributed by atoms with van der Waals surface area (Å²) in [5.41, 5.74) is -0.335. The molecule has 19 heavy (non-hydrogen) atoms. The van der Waals surface area contributed by atoms with Crippen LogP contribution in [0.2, 0.25) is 5.02 Å². The van der Waals surface area contributed by atoms with Crippen molar-refractivity contribution < 1.29 is 14.3 Å². The monoisotopic (exact) mass is 282 g/mol. The van der Waals surface area contributed by atoms with Crippen molar-refractivity contribution >= 4 is 29.3 Å². The minimum absolute atomic E-state index is 0.219. The second kappa shape index (κ2) is 5.09. The molecule has 0 unspecified atom stereocenters. The number of amides is 2. The summed E-state index contributed by atoms with van der Waals surface area (Å²) in [5, 5.41) is 3.33. The summed E-state index contributed by atoms with van der Waals surface area (Å²) < 4.78 is 4.96. The Hall–Kier alpha value is -1.75. The number of anilines is 1. The molecule has 102 valence electrons. The van der Waals surface area contributed by atoms with Gasteiger partial charge in [0.15, 0.2) is 0 Å². The topological polar surface area (TPSA) is 58.6 Å². The van der Waals surface area contributed by atoms with Crippen LogP contribution in [-0.4, -0.2) is 35.6 Å². The van der Waals surface area contributed by atoms with E-state index in [4.69, 9.17) is 16.3 Å². The third-order valence-electron chi connectivity index (χ3n) is 3.06. The molecule has 0 radical (unpaired) electrons. The Morgan fingerprint density at radius 1 is 1.37 bits per heavy atom. The van der Waals surface area contributed by atoms with Crippen LogP contribution in [0.5, 0.6) is 0 Å². The van der Waals surface area contributed by atoms with Crippen LogP contribution in [0, 0.1) is 0 Å². The van der Waals surface area contributed by atoms with Gasteiger partial charge in [-0.05, 0) is 38.1 Å². The molecule has 0 aromatic heterocycles. The van der Waals surface area contributed by atoms with Gasteiger partial charge >= 0.3 is 12.0 Å². The Labute approximate surface area is 116 Å². The van der Waals surface area contributed by atoms with Crippen molar-refractivity contribution in [3.63, 3.8) is 0 Å². The van der Waals surface area contributed by atoms with Crippen molar-refractivity contribution in [1.82, 2.24) is 4.90 Å². The van der Waals surface area contributed by atoms with E-state index in [1.807, 2.05) is 0 Å². The predicted molar refractivity (Wildman–Crippen MR) is 72.2 cm³/mol. The third kappa shape index (κ3) is 2.81. The molecule has 2 amide bonds.